The van der Waals surface area contributed by atoms with Crippen LogP contribution in [0.4, 0.5) is 0 Å². The lowest BCUT2D eigenvalue weighted by Gasteiger charge is -2.02. The molecule has 0 radical (unpaired) electrons. The van der Waals surface area contributed by atoms with Crippen LogP contribution < -0.4 is 11.6 Å². The Balaban J connectivity index is 3.87. The van der Waals surface area contributed by atoms with E-state index in [1.54, 1.807) is 6.21 Å². The first-order valence-corrected chi connectivity index (χ1v) is 4.24. The zero-order valence-electron chi connectivity index (χ0n) is 7.83. The number of nitrogens with zero attached hydrogens (tertiary/aromatic N) is 2. The summed E-state index contributed by atoms with van der Waals surface area (Å²) in [6, 6.07) is 0.332. The minimum absolute atomic E-state index is 0.332. The third kappa shape index (κ3) is 4.85. The molecule has 1 unspecified atom stereocenters. The number of rotatable bonds is 5. The molecule has 0 heterocycles. The molecular formula is C8H18N4. The predicted octanol–water partition coefficient (Wildman–Crippen LogP) is 0.519. The van der Waals surface area contributed by atoms with E-state index in [0.29, 0.717) is 18.3 Å². The fraction of sp³-hybridized carbons (Fsp3) is 0.750. The number of hydrogen-bond donors (Lipinski definition) is 2. The first-order chi connectivity index (χ1) is 5.74. The SMILES string of the molecule is CCCC(C)N=CC(CN)=NN. The van der Waals surface area contributed by atoms with E-state index in [4.69, 9.17) is 11.6 Å². The Kier molecular flexibility index (Phi) is 6.28. The Morgan fingerprint density at radius 3 is 2.67 bits per heavy atom. The lowest BCUT2D eigenvalue weighted by Crippen LogP contribution is -2.17. The maximum absolute atomic E-state index is 5.34. The van der Waals surface area contributed by atoms with Crippen molar-refractivity contribution in [2.45, 2.75) is 32.7 Å². The Hall–Kier alpha value is -0.900. The van der Waals surface area contributed by atoms with Crippen LogP contribution in [0.5, 0.6) is 0 Å². The van der Waals surface area contributed by atoms with Crippen LogP contribution >= 0.6 is 0 Å². The average Bonchev–Trinajstić information content (AvgIpc) is 2.07. The van der Waals surface area contributed by atoms with Crippen molar-refractivity contribution in [1.29, 1.82) is 0 Å². The van der Waals surface area contributed by atoms with Crippen molar-refractivity contribution in [3.63, 3.8) is 0 Å². The summed E-state index contributed by atoms with van der Waals surface area (Å²) in [7, 11) is 0. The molecule has 12 heavy (non-hydrogen) atoms. The van der Waals surface area contributed by atoms with Gasteiger partial charge in [-0.25, -0.2) is 0 Å². The van der Waals surface area contributed by atoms with Gasteiger partial charge in [-0.1, -0.05) is 13.3 Å². The average molecular weight is 170 g/mol. The molecule has 0 rings (SSSR count). The molecule has 0 saturated carbocycles. The Labute approximate surface area is 73.7 Å². The summed E-state index contributed by atoms with van der Waals surface area (Å²) in [6.45, 7) is 4.54. The number of hydrogen-bond acceptors (Lipinski definition) is 4. The highest BCUT2D eigenvalue weighted by atomic mass is 15.1. The van der Waals surface area contributed by atoms with Gasteiger partial charge in [0.15, 0.2) is 0 Å². The van der Waals surface area contributed by atoms with E-state index in [0.717, 1.165) is 12.8 Å². The summed E-state index contributed by atoms with van der Waals surface area (Å²) in [5, 5.41) is 3.48. The van der Waals surface area contributed by atoms with Gasteiger partial charge in [-0.05, 0) is 13.3 Å². The van der Waals surface area contributed by atoms with Gasteiger partial charge in [0.05, 0.1) is 5.71 Å². The highest BCUT2D eigenvalue weighted by molar-refractivity contribution is 6.31. The molecule has 0 aromatic carbocycles. The van der Waals surface area contributed by atoms with Crippen LogP contribution in [0.3, 0.4) is 0 Å². The zero-order chi connectivity index (χ0) is 9.40. The molecule has 70 valence electrons. The third-order valence-corrected chi connectivity index (χ3v) is 1.56. The molecule has 0 fully saturated rings. The van der Waals surface area contributed by atoms with Crippen molar-refractivity contribution in [3.05, 3.63) is 0 Å². The minimum atomic E-state index is 0.332. The summed E-state index contributed by atoms with van der Waals surface area (Å²) in [4.78, 5) is 4.24. The summed E-state index contributed by atoms with van der Waals surface area (Å²) in [6.07, 6.45) is 3.87. The van der Waals surface area contributed by atoms with E-state index in [-0.39, 0.29) is 0 Å². The zero-order valence-corrected chi connectivity index (χ0v) is 7.83. The van der Waals surface area contributed by atoms with Crippen LogP contribution in [0.25, 0.3) is 0 Å². The molecule has 0 aromatic rings. The molecule has 0 saturated heterocycles. The molecule has 4 heteroatoms. The van der Waals surface area contributed by atoms with Gasteiger partial charge in [0.25, 0.3) is 0 Å². The van der Waals surface area contributed by atoms with Crippen LogP contribution in [0, 0.1) is 0 Å². The molecule has 0 aliphatic heterocycles. The minimum Gasteiger partial charge on any atom is -0.325 e. The van der Waals surface area contributed by atoms with E-state index in [2.05, 4.69) is 23.9 Å². The molecule has 1 atom stereocenters. The van der Waals surface area contributed by atoms with E-state index in [9.17, 15) is 0 Å². The summed E-state index contributed by atoms with van der Waals surface area (Å²) in [5.74, 6) is 5.06. The molecule has 0 aliphatic rings. The second-order valence-corrected chi connectivity index (χ2v) is 2.74. The van der Waals surface area contributed by atoms with E-state index in [1.807, 2.05) is 0 Å². The number of nitrogens with two attached hydrogens (primary N) is 2. The number of aliphatic imine (C=N–C) groups is 1. The van der Waals surface area contributed by atoms with Gasteiger partial charge in [-0.15, -0.1) is 0 Å². The summed E-state index contributed by atoms with van der Waals surface area (Å²) < 4.78 is 0. The Morgan fingerprint density at radius 1 is 1.58 bits per heavy atom. The normalized spacial score (nSPS) is 15.4. The van der Waals surface area contributed by atoms with E-state index >= 15 is 0 Å². The maximum atomic E-state index is 5.34. The summed E-state index contributed by atoms with van der Waals surface area (Å²) >= 11 is 0. The van der Waals surface area contributed by atoms with Crippen molar-refractivity contribution in [2.24, 2.45) is 21.7 Å². The van der Waals surface area contributed by atoms with Crippen molar-refractivity contribution in [1.82, 2.24) is 0 Å². The number of hydrazone groups is 1. The van der Waals surface area contributed by atoms with Gasteiger partial charge in [0.2, 0.25) is 0 Å². The quantitative estimate of drug-likeness (QED) is 0.358. The fourth-order valence-corrected chi connectivity index (χ4v) is 0.844. The smallest absolute Gasteiger partial charge is 0.0913 e. The summed E-state index contributed by atoms with van der Waals surface area (Å²) in [5.41, 5.74) is 5.98. The van der Waals surface area contributed by atoms with Gasteiger partial charge in [0.1, 0.15) is 0 Å². The maximum Gasteiger partial charge on any atom is 0.0913 e. The molecule has 0 aliphatic carbocycles. The molecule has 4 nitrogen and oxygen atoms in total. The predicted molar refractivity (Wildman–Crippen MR) is 53.5 cm³/mol. The van der Waals surface area contributed by atoms with Gasteiger partial charge < -0.3 is 11.6 Å². The van der Waals surface area contributed by atoms with Crippen LogP contribution in [0.1, 0.15) is 26.7 Å². The van der Waals surface area contributed by atoms with E-state index in [1.165, 1.54) is 0 Å². The lowest BCUT2D eigenvalue weighted by atomic mass is 10.2. The van der Waals surface area contributed by atoms with Crippen molar-refractivity contribution in [2.75, 3.05) is 6.54 Å². The molecule has 0 bridgehead atoms. The van der Waals surface area contributed by atoms with Crippen LogP contribution in [-0.4, -0.2) is 24.5 Å². The topological polar surface area (TPSA) is 76.8 Å². The van der Waals surface area contributed by atoms with Gasteiger partial charge >= 0.3 is 0 Å². The first-order valence-electron chi connectivity index (χ1n) is 4.24. The second kappa shape index (κ2) is 6.79. The third-order valence-electron chi connectivity index (χ3n) is 1.56. The van der Waals surface area contributed by atoms with Gasteiger partial charge in [-0.2, -0.15) is 5.10 Å². The van der Waals surface area contributed by atoms with Crippen LogP contribution in [0.2, 0.25) is 0 Å². The monoisotopic (exact) mass is 170 g/mol. The standard InChI is InChI=1S/C8H18N4/c1-3-4-7(2)11-6-8(5-9)12-10/h6-7H,3-5,9-10H2,1-2H3. The van der Waals surface area contributed by atoms with Crippen molar-refractivity contribution in [3.8, 4) is 0 Å². The molecular weight excluding hydrogens is 152 g/mol. The molecule has 0 amide bonds. The van der Waals surface area contributed by atoms with E-state index < -0.39 is 0 Å². The molecule has 4 N–H and O–H groups in total. The van der Waals surface area contributed by atoms with Crippen molar-refractivity contribution < 1.29 is 0 Å². The Bertz CT molecular complexity index is 162. The van der Waals surface area contributed by atoms with Crippen molar-refractivity contribution >= 4 is 11.9 Å². The molecule has 0 spiro atoms. The largest absolute Gasteiger partial charge is 0.325 e. The van der Waals surface area contributed by atoms with Gasteiger partial charge in [-0.3, -0.25) is 4.99 Å². The lowest BCUT2D eigenvalue weighted by molar-refractivity contribution is 0.658. The molecule has 0 aromatic heterocycles. The van der Waals surface area contributed by atoms with Crippen LogP contribution in [0.15, 0.2) is 10.1 Å². The first kappa shape index (κ1) is 11.1. The highest BCUT2D eigenvalue weighted by Gasteiger charge is 1.95. The Morgan fingerprint density at radius 2 is 2.25 bits per heavy atom. The fourth-order valence-electron chi connectivity index (χ4n) is 0.844. The van der Waals surface area contributed by atoms with Crippen LogP contribution in [-0.2, 0) is 0 Å². The van der Waals surface area contributed by atoms with Gasteiger partial charge in [0, 0.05) is 18.8 Å². The highest BCUT2D eigenvalue weighted by Crippen LogP contribution is 1.98. The second-order valence-electron chi connectivity index (χ2n) is 2.74.